The quantitative estimate of drug-likeness (QED) is 0.874. The first kappa shape index (κ1) is 12.2. The Morgan fingerprint density at radius 2 is 2.00 bits per heavy atom. The van der Waals surface area contributed by atoms with E-state index in [1.54, 1.807) is 18.2 Å². The molecule has 0 fully saturated rings. The summed E-state index contributed by atoms with van der Waals surface area (Å²) >= 11 is 1.48. The van der Waals surface area contributed by atoms with E-state index in [1.807, 2.05) is 17.5 Å². The zero-order valence-electron chi connectivity index (χ0n) is 10.2. The first-order valence-electron chi connectivity index (χ1n) is 5.98. The second kappa shape index (κ2) is 5.03. The van der Waals surface area contributed by atoms with Crippen molar-refractivity contribution in [3.05, 3.63) is 46.2 Å². The Balaban J connectivity index is 1.87. The molecule has 3 rings (SSSR count). The molecule has 2 aromatic rings. The van der Waals surface area contributed by atoms with Gasteiger partial charge in [-0.05, 0) is 29.6 Å². The third-order valence-corrected chi connectivity index (χ3v) is 3.91. The van der Waals surface area contributed by atoms with Gasteiger partial charge < -0.3 is 15.2 Å². The lowest BCUT2D eigenvalue weighted by Gasteiger charge is -2.19. The summed E-state index contributed by atoms with van der Waals surface area (Å²) in [6.45, 7) is 1.04. The monoisotopic (exact) mass is 275 g/mol. The van der Waals surface area contributed by atoms with Crippen molar-refractivity contribution in [1.29, 1.82) is 0 Å². The Morgan fingerprint density at radius 1 is 1.21 bits per heavy atom. The molecule has 1 aromatic heterocycles. The summed E-state index contributed by atoms with van der Waals surface area (Å²) in [5.41, 5.74) is 6.53. The fourth-order valence-corrected chi connectivity index (χ4v) is 2.70. The maximum atomic E-state index is 12.3. The van der Waals surface area contributed by atoms with Crippen molar-refractivity contribution in [3.8, 4) is 11.5 Å². The first-order chi connectivity index (χ1) is 9.25. The van der Waals surface area contributed by atoms with Gasteiger partial charge in [-0.25, -0.2) is 0 Å². The van der Waals surface area contributed by atoms with Gasteiger partial charge in [0.1, 0.15) is 19.3 Å². The van der Waals surface area contributed by atoms with Crippen molar-refractivity contribution >= 4 is 17.1 Å². The van der Waals surface area contributed by atoms with Crippen LogP contribution >= 0.6 is 11.3 Å². The lowest BCUT2D eigenvalue weighted by Crippen LogP contribution is -2.21. The summed E-state index contributed by atoms with van der Waals surface area (Å²) in [6.07, 6.45) is 0. The molecule has 1 atom stereocenters. The van der Waals surface area contributed by atoms with Gasteiger partial charge in [-0.15, -0.1) is 11.3 Å². The van der Waals surface area contributed by atoms with Gasteiger partial charge in [0, 0.05) is 10.4 Å². The molecule has 19 heavy (non-hydrogen) atoms. The second-order valence-electron chi connectivity index (χ2n) is 4.22. The lowest BCUT2D eigenvalue weighted by atomic mass is 10.0. The molecule has 0 aliphatic carbocycles. The fraction of sp³-hybridized carbons (Fsp3) is 0.214. The highest BCUT2D eigenvalue weighted by atomic mass is 32.1. The Kier molecular flexibility index (Phi) is 3.23. The molecule has 0 amide bonds. The van der Waals surface area contributed by atoms with Crippen LogP contribution in [0.5, 0.6) is 11.5 Å². The van der Waals surface area contributed by atoms with E-state index in [-0.39, 0.29) is 5.78 Å². The number of thiophene rings is 1. The SMILES string of the molecule is NC(C(=O)c1ccc2c(c1)OCCO2)c1cccs1. The van der Waals surface area contributed by atoms with Crippen molar-refractivity contribution in [1.82, 2.24) is 0 Å². The highest BCUT2D eigenvalue weighted by Crippen LogP contribution is 2.32. The topological polar surface area (TPSA) is 61.6 Å². The molecule has 0 saturated heterocycles. The summed E-state index contributed by atoms with van der Waals surface area (Å²) in [7, 11) is 0. The number of Topliss-reactive ketones (excluding diaryl/α,β-unsaturated/α-hetero) is 1. The molecule has 2 heterocycles. The van der Waals surface area contributed by atoms with Crippen molar-refractivity contribution in [2.45, 2.75) is 6.04 Å². The lowest BCUT2D eigenvalue weighted by molar-refractivity contribution is 0.0961. The third kappa shape index (κ3) is 2.34. The number of rotatable bonds is 3. The predicted octanol–water partition coefficient (Wildman–Crippen LogP) is 2.40. The van der Waals surface area contributed by atoms with Crippen molar-refractivity contribution in [3.63, 3.8) is 0 Å². The number of carbonyl (C=O) groups excluding carboxylic acids is 1. The summed E-state index contributed by atoms with van der Waals surface area (Å²) in [4.78, 5) is 13.2. The van der Waals surface area contributed by atoms with Crippen LogP contribution in [0.4, 0.5) is 0 Å². The summed E-state index contributed by atoms with van der Waals surface area (Å²) in [5.74, 6) is 1.17. The molecule has 1 aliphatic rings. The molecule has 0 saturated carbocycles. The number of ketones is 1. The minimum absolute atomic E-state index is 0.112. The van der Waals surface area contributed by atoms with Crippen LogP contribution in [0.2, 0.25) is 0 Å². The van der Waals surface area contributed by atoms with E-state index in [0.29, 0.717) is 30.3 Å². The van der Waals surface area contributed by atoms with E-state index < -0.39 is 6.04 Å². The smallest absolute Gasteiger partial charge is 0.185 e. The van der Waals surface area contributed by atoms with Gasteiger partial charge in [0.2, 0.25) is 0 Å². The average molecular weight is 275 g/mol. The number of hydrogen-bond acceptors (Lipinski definition) is 5. The van der Waals surface area contributed by atoms with Crippen LogP contribution in [0.3, 0.4) is 0 Å². The largest absolute Gasteiger partial charge is 0.486 e. The molecule has 0 spiro atoms. The number of benzene rings is 1. The van der Waals surface area contributed by atoms with Gasteiger partial charge in [-0.3, -0.25) is 4.79 Å². The van der Waals surface area contributed by atoms with Gasteiger partial charge in [0.15, 0.2) is 17.3 Å². The number of nitrogens with two attached hydrogens (primary N) is 1. The van der Waals surface area contributed by atoms with Crippen molar-refractivity contribution < 1.29 is 14.3 Å². The zero-order chi connectivity index (χ0) is 13.2. The number of carbonyl (C=O) groups is 1. The van der Waals surface area contributed by atoms with Crippen LogP contribution in [0.15, 0.2) is 35.7 Å². The molecule has 1 aromatic carbocycles. The summed E-state index contributed by atoms with van der Waals surface area (Å²) in [5, 5.41) is 1.91. The summed E-state index contributed by atoms with van der Waals surface area (Å²) in [6, 6.07) is 8.31. The number of fused-ring (bicyclic) bond motifs is 1. The summed E-state index contributed by atoms with van der Waals surface area (Å²) < 4.78 is 10.9. The van der Waals surface area contributed by atoms with Gasteiger partial charge in [-0.1, -0.05) is 6.07 Å². The van der Waals surface area contributed by atoms with Crippen molar-refractivity contribution in [2.75, 3.05) is 13.2 Å². The van der Waals surface area contributed by atoms with Gasteiger partial charge in [-0.2, -0.15) is 0 Å². The maximum Gasteiger partial charge on any atom is 0.185 e. The Labute approximate surface area is 114 Å². The van der Waals surface area contributed by atoms with Crippen LogP contribution in [0.25, 0.3) is 0 Å². The second-order valence-corrected chi connectivity index (χ2v) is 5.20. The minimum Gasteiger partial charge on any atom is -0.486 e. The standard InChI is InChI=1S/C14H13NO3S/c15-13(12-2-1-7-19-12)14(16)9-3-4-10-11(8-9)18-6-5-17-10/h1-4,7-8,13H,5-6,15H2. The van der Waals surface area contributed by atoms with E-state index in [9.17, 15) is 4.79 Å². The molecule has 0 radical (unpaired) electrons. The molecular formula is C14H13NO3S. The number of ether oxygens (including phenoxy) is 2. The molecule has 1 unspecified atom stereocenters. The van der Waals surface area contributed by atoms with E-state index in [1.165, 1.54) is 11.3 Å². The third-order valence-electron chi connectivity index (χ3n) is 2.96. The van der Waals surface area contributed by atoms with E-state index in [4.69, 9.17) is 15.2 Å². The molecule has 5 heteroatoms. The Morgan fingerprint density at radius 3 is 2.74 bits per heavy atom. The molecule has 4 nitrogen and oxygen atoms in total. The highest BCUT2D eigenvalue weighted by Gasteiger charge is 2.21. The Bertz CT molecular complexity index is 595. The fourth-order valence-electron chi connectivity index (χ4n) is 1.97. The molecular weight excluding hydrogens is 262 g/mol. The highest BCUT2D eigenvalue weighted by molar-refractivity contribution is 7.10. The van der Waals surface area contributed by atoms with Crippen LogP contribution in [-0.2, 0) is 0 Å². The first-order valence-corrected chi connectivity index (χ1v) is 6.86. The van der Waals surface area contributed by atoms with E-state index in [2.05, 4.69) is 0 Å². The van der Waals surface area contributed by atoms with Gasteiger partial charge >= 0.3 is 0 Å². The molecule has 2 N–H and O–H groups in total. The zero-order valence-corrected chi connectivity index (χ0v) is 11.0. The Hall–Kier alpha value is -1.85. The van der Waals surface area contributed by atoms with Crippen LogP contribution in [0.1, 0.15) is 21.3 Å². The minimum atomic E-state index is -0.623. The molecule has 1 aliphatic heterocycles. The molecule has 98 valence electrons. The van der Waals surface area contributed by atoms with Crippen LogP contribution in [-0.4, -0.2) is 19.0 Å². The van der Waals surface area contributed by atoms with E-state index in [0.717, 1.165) is 4.88 Å². The van der Waals surface area contributed by atoms with E-state index >= 15 is 0 Å². The number of hydrogen-bond donors (Lipinski definition) is 1. The van der Waals surface area contributed by atoms with Crippen molar-refractivity contribution in [2.24, 2.45) is 5.73 Å². The van der Waals surface area contributed by atoms with Gasteiger partial charge in [0.25, 0.3) is 0 Å². The molecule has 0 bridgehead atoms. The maximum absolute atomic E-state index is 12.3. The van der Waals surface area contributed by atoms with Crippen LogP contribution < -0.4 is 15.2 Å². The normalized spacial score (nSPS) is 15.0. The van der Waals surface area contributed by atoms with Crippen LogP contribution in [0, 0.1) is 0 Å². The predicted molar refractivity (Wildman–Crippen MR) is 73.0 cm³/mol. The average Bonchev–Trinajstić information content (AvgIpc) is 2.99. The van der Waals surface area contributed by atoms with Gasteiger partial charge in [0.05, 0.1) is 0 Å².